The van der Waals surface area contributed by atoms with Crippen molar-refractivity contribution in [1.29, 1.82) is 0 Å². The molecule has 0 spiro atoms. The highest BCUT2D eigenvalue weighted by Crippen LogP contribution is 2.36. The van der Waals surface area contributed by atoms with Crippen molar-refractivity contribution in [3.05, 3.63) is 67.5 Å². The molecule has 0 saturated heterocycles. The van der Waals surface area contributed by atoms with Crippen LogP contribution in [0.4, 0.5) is 5.69 Å². The van der Waals surface area contributed by atoms with Crippen molar-refractivity contribution in [2.45, 2.75) is 26.7 Å². The first kappa shape index (κ1) is 22.3. The summed E-state index contributed by atoms with van der Waals surface area (Å²) in [6, 6.07) is 6.49. The van der Waals surface area contributed by atoms with E-state index in [2.05, 4.69) is 31.3 Å². The van der Waals surface area contributed by atoms with Crippen LogP contribution < -0.4 is 11.1 Å². The van der Waals surface area contributed by atoms with Crippen molar-refractivity contribution in [3.63, 3.8) is 0 Å². The summed E-state index contributed by atoms with van der Waals surface area (Å²) in [6.45, 7) is 5.57. The van der Waals surface area contributed by atoms with Crippen molar-refractivity contribution in [2.24, 2.45) is 5.73 Å². The molecule has 0 aliphatic rings. The number of benzene rings is 1. The third kappa shape index (κ3) is 4.21. The molecule has 3 N–H and O–H groups in total. The van der Waals surface area contributed by atoms with E-state index in [0.29, 0.717) is 32.3 Å². The maximum atomic E-state index is 13.2. The fourth-order valence-corrected chi connectivity index (χ4v) is 4.12. The Hall–Kier alpha value is -2.42. The minimum atomic E-state index is -0.660. The van der Waals surface area contributed by atoms with Crippen LogP contribution in [0.3, 0.4) is 0 Å². The summed E-state index contributed by atoms with van der Waals surface area (Å²) in [5, 5.41) is 7.74. The summed E-state index contributed by atoms with van der Waals surface area (Å²) in [4.78, 5) is 29.5. The summed E-state index contributed by atoms with van der Waals surface area (Å²) in [7, 11) is 0. The Kier molecular flexibility index (Phi) is 6.50. The second-order valence-electron chi connectivity index (χ2n) is 6.88. The number of aromatic nitrogens is 3. The number of nitrogens with two attached hydrogens (primary N) is 1. The first-order valence-electron chi connectivity index (χ1n) is 8.92. The highest BCUT2D eigenvalue weighted by atomic mass is 79.9. The monoisotopic (exact) mass is 509 g/mol. The molecule has 30 heavy (non-hydrogen) atoms. The van der Waals surface area contributed by atoms with Gasteiger partial charge in [0.2, 0.25) is 0 Å². The molecule has 0 aliphatic heterocycles. The number of carbonyl (C=O) groups excluding carboxylic acids is 2. The summed E-state index contributed by atoms with van der Waals surface area (Å²) in [5.41, 5.74) is 7.69. The van der Waals surface area contributed by atoms with Crippen LogP contribution in [0.15, 0.2) is 35.1 Å². The van der Waals surface area contributed by atoms with E-state index < -0.39 is 11.8 Å². The lowest BCUT2D eigenvalue weighted by atomic mass is 9.92. The predicted molar refractivity (Wildman–Crippen MR) is 121 cm³/mol. The van der Waals surface area contributed by atoms with E-state index in [1.807, 2.05) is 13.8 Å². The molecule has 3 rings (SSSR count). The molecule has 0 fully saturated rings. The van der Waals surface area contributed by atoms with Gasteiger partial charge in [0.15, 0.2) is 5.82 Å². The number of halogens is 3. The Morgan fingerprint density at radius 1 is 1.23 bits per heavy atom. The third-order valence-electron chi connectivity index (χ3n) is 4.43. The Labute approximate surface area is 191 Å². The molecule has 2 amide bonds. The first-order valence-corrected chi connectivity index (χ1v) is 10.5. The number of hydrogen-bond acceptors (Lipinski definition) is 4. The Morgan fingerprint density at radius 2 is 1.93 bits per heavy atom. The van der Waals surface area contributed by atoms with Crippen molar-refractivity contribution in [1.82, 2.24) is 14.8 Å². The molecule has 0 saturated carbocycles. The van der Waals surface area contributed by atoms with Crippen molar-refractivity contribution >= 4 is 56.6 Å². The van der Waals surface area contributed by atoms with Gasteiger partial charge in [0.1, 0.15) is 10.3 Å². The molecule has 3 aromatic rings. The van der Waals surface area contributed by atoms with Gasteiger partial charge in [-0.1, -0.05) is 37.0 Å². The molecular weight excluding hydrogens is 493 g/mol. The van der Waals surface area contributed by atoms with Gasteiger partial charge in [0, 0.05) is 18.0 Å². The number of anilines is 1. The molecule has 0 atom stereocenters. The van der Waals surface area contributed by atoms with Gasteiger partial charge in [0.25, 0.3) is 11.8 Å². The summed E-state index contributed by atoms with van der Waals surface area (Å²) in [5.74, 6) is -0.934. The standard InChI is InChI=1S/C20H18BrCl2N5O2/c1-9(2)15-16(18(24)29)12(23)7-10(3)17(15)26-20(30)13-8-14(21)27-28(13)19-11(22)5-4-6-25-19/h4-9H,1-3H3,(H2,24,29)(H,26,30). The Morgan fingerprint density at radius 3 is 2.53 bits per heavy atom. The quantitative estimate of drug-likeness (QED) is 0.497. The minimum Gasteiger partial charge on any atom is -0.366 e. The second kappa shape index (κ2) is 8.75. The summed E-state index contributed by atoms with van der Waals surface area (Å²) >= 11 is 15.8. The number of aryl methyl sites for hydroxylation is 1. The van der Waals surface area contributed by atoms with Gasteiger partial charge < -0.3 is 11.1 Å². The SMILES string of the molecule is Cc1cc(Cl)c(C(N)=O)c(C(C)C)c1NC(=O)c1cc(Br)nn1-c1ncccc1Cl. The van der Waals surface area contributed by atoms with Crippen molar-refractivity contribution in [2.75, 3.05) is 5.32 Å². The van der Waals surface area contributed by atoms with E-state index in [9.17, 15) is 9.59 Å². The van der Waals surface area contributed by atoms with Crippen molar-refractivity contribution < 1.29 is 9.59 Å². The molecule has 0 unspecified atom stereocenters. The first-order chi connectivity index (χ1) is 14.1. The van der Waals surface area contributed by atoms with Crippen LogP contribution in [-0.4, -0.2) is 26.6 Å². The molecule has 0 radical (unpaired) electrons. The van der Waals surface area contributed by atoms with Crippen LogP contribution in [-0.2, 0) is 0 Å². The lowest BCUT2D eigenvalue weighted by Gasteiger charge is -2.21. The fraction of sp³-hybridized carbons (Fsp3) is 0.200. The van der Waals surface area contributed by atoms with Crippen LogP contribution in [0, 0.1) is 6.92 Å². The maximum Gasteiger partial charge on any atom is 0.274 e. The molecule has 1 aromatic carbocycles. The van der Waals surface area contributed by atoms with Gasteiger partial charge in [-0.25, -0.2) is 9.67 Å². The number of primary amides is 1. The number of hydrogen-bond donors (Lipinski definition) is 2. The number of nitrogens with zero attached hydrogens (tertiary/aromatic N) is 3. The van der Waals surface area contributed by atoms with Gasteiger partial charge in [0.05, 0.1) is 15.6 Å². The van der Waals surface area contributed by atoms with Crippen LogP contribution in [0.5, 0.6) is 0 Å². The molecular formula is C20H18BrCl2N5O2. The number of carbonyl (C=O) groups is 2. The summed E-state index contributed by atoms with van der Waals surface area (Å²) in [6.07, 6.45) is 1.55. The van der Waals surface area contributed by atoms with E-state index in [4.69, 9.17) is 28.9 Å². The van der Waals surface area contributed by atoms with E-state index in [0.717, 1.165) is 0 Å². The third-order valence-corrected chi connectivity index (χ3v) is 5.41. The highest BCUT2D eigenvalue weighted by Gasteiger charge is 2.25. The van der Waals surface area contributed by atoms with Crippen LogP contribution in [0.1, 0.15) is 51.7 Å². The number of amides is 2. The number of pyridine rings is 1. The highest BCUT2D eigenvalue weighted by molar-refractivity contribution is 9.10. The van der Waals surface area contributed by atoms with E-state index in [1.165, 1.54) is 4.68 Å². The maximum absolute atomic E-state index is 13.2. The van der Waals surface area contributed by atoms with Crippen LogP contribution >= 0.6 is 39.1 Å². The average molecular weight is 511 g/mol. The van der Waals surface area contributed by atoms with Gasteiger partial charge in [-0.2, -0.15) is 5.10 Å². The zero-order chi connectivity index (χ0) is 22.2. The predicted octanol–water partition coefficient (Wildman–Crippen LogP) is 5.12. The molecule has 156 valence electrons. The molecule has 2 heterocycles. The van der Waals surface area contributed by atoms with Crippen LogP contribution in [0.25, 0.3) is 5.82 Å². The fourth-order valence-electron chi connectivity index (χ4n) is 3.18. The van der Waals surface area contributed by atoms with Crippen LogP contribution in [0.2, 0.25) is 10.0 Å². The minimum absolute atomic E-state index is 0.123. The molecule has 7 nitrogen and oxygen atoms in total. The normalized spacial score (nSPS) is 11.0. The molecule has 0 aliphatic carbocycles. The zero-order valence-corrected chi connectivity index (χ0v) is 19.4. The number of nitrogens with one attached hydrogen (secondary N) is 1. The lowest BCUT2D eigenvalue weighted by Crippen LogP contribution is -2.22. The topological polar surface area (TPSA) is 103 Å². The lowest BCUT2D eigenvalue weighted by molar-refractivity contribution is 0.0993. The summed E-state index contributed by atoms with van der Waals surface area (Å²) < 4.78 is 1.78. The van der Waals surface area contributed by atoms with Gasteiger partial charge >= 0.3 is 0 Å². The smallest absolute Gasteiger partial charge is 0.274 e. The van der Waals surface area contributed by atoms with E-state index in [-0.39, 0.29) is 22.2 Å². The van der Waals surface area contributed by atoms with Gasteiger partial charge in [-0.15, -0.1) is 0 Å². The van der Waals surface area contributed by atoms with Crippen molar-refractivity contribution in [3.8, 4) is 5.82 Å². The van der Waals surface area contributed by atoms with E-state index >= 15 is 0 Å². The van der Waals surface area contributed by atoms with Gasteiger partial charge in [-0.3, -0.25) is 9.59 Å². The molecule has 2 aromatic heterocycles. The zero-order valence-electron chi connectivity index (χ0n) is 16.3. The Balaban J connectivity index is 2.12. The number of rotatable bonds is 5. The van der Waals surface area contributed by atoms with E-state index in [1.54, 1.807) is 37.4 Å². The second-order valence-corrected chi connectivity index (χ2v) is 8.51. The Bertz CT molecular complexity index is 1160. The average Bonchev–Trinajstić information content (AvgIpc) is 3.04. The van der Waals surface area contributed by atoms with Gasteiger partial charge in [-0.05, 0) is 58.1 Å². The molecule has 0 bridgehead atoms. The largest absolute Gasteiger partial charge is 0.366 e. The molecule has 10 heteroatoms.